The third-order valence-electron chi connectivity index (χ3n) is 3.36. The molecule has 0 aliphatic heterocycles. The molecule has 6 heteroatoms. The van der Waals surface area contributed by atoms with Gasteiger partial charge in [-0.2, -0.15) is 0 Å². The van der Waals surface area contributed by atoms with Gasteiger partial charge in [0.1, 0.15) is 5.69 Å². The quantitative estimate of drug-likeness (QED) is 0.630. The van der Waals surface area contributed by atoms with Crippen molar-refractivity contribution < 1.29 is 19.1 Å². The van der Waals surface area contributed by atoms with Crippen LogP contribution in [0.25, 0.3) is 0 Å². The molecular formula is C14H18N2O4. The van der Waals surface area contributed by atoms with E-state index in [1.165, 1.54) is 19.2 Å². The Morgan fingerprint density at radius 1 is 1.35 bits per heavy atom. The molecule has 108 valence electrons. The molecule has 0 radical (unpaired) electrons. The average Bonchev–Trinajstić information content (AvgIpc) is 3.06. The van der Waals surface area contributed by atoms with E-state index in [1.807, 2.05) is 0 Å². The van der Waals surface area contributed by atoms with Crippen molar-refractivity contribution in [1.29, 1.82) is 0 Å². The first kappa shape index (κ1) is 14.3. The maximum atomic E-state index is 11.7. The van der Waals surface area contributed by atoms with Crippen LogP contribution in [-0.4, -0.2) is 35.3 Å². The number of carbonyl (C=O) groups excluding carboxylic acids is 3. The zero-order valence-corrected chi connectivity index (χ0v) is 11.4. The molecule has 1 heterocycles. The van der Waals surface area contributed by atoms with E-state index >= 15 is 0 Å². The first-order valence-electron chi connectivity index (χ1n) is 6.72. The number of aromatic amines is 1. The molecule has 20 heavy (non-hydrogen) atoms. The summed E-state index contributed by atoms with van der Waals surface area (Å²) in [6, 6.07) is 1.62. The number of hydrogen-bond donors (Lipinski definition) is 2. The molecule has 6 nitrogen and oxygen atoms in total. The molecule has 0 saturated heterocycles. The first-order valence-corrected chi connectivity index (χ1v) is 6.72. The van der Waals surface area contributed by atoms with E-state index in [0.717, 1.165) is 25.7 Å². The summed E-state index contributed by atoms with van der Waals surface area (Å²) in [5.41, 5.74) is 0.580. The summed E-state index contributed by atoms with van der Waals surface area (Å²) in [5.74, 6) is -1.07. The van der Waals surface area contributed by atoms with Gasteiger partial charge in [0.25, 0.3) is 5.91 Å². The molecule has 0 bridgehead atoms. The molecule has 2 N–H and O–H groups in total. The van der Waals surface area contributed by atoms with E-state index in [0.29, 0.717) is 5.56 Å². The number of Topliss-reactive ketones (excluding diaryl/α,β-unsaturated/α-hetero) is 1. The van der Waals surface area contributed by atoms with Crippen molar-refractivity contribution in [2.45, 2.75) is 38.6 Å². The van der Waals surface area contributed by atoms with Crippen molar-refractivity contribution in [3.63, 3.8) is 0 Å². The number of amides is 1. The summed E-state index contributed by atoms with van der Waals surface area (Å²) in [6.07, 6.45) is 5.66. The van der Waals surface area contributed by atoms with E-state index in [4.69, 9.17) is 4.74 Å². The number of esters is 1. The van der Waals surface area contributed by atoms with Crippen LogP contribution in [-0.2, 0) is 9.53 Å². The van der Waals surface area contributed by atoms with E-state index in [2.05, 4.69) is 10.3 Å². The molecule has 0 unspecified atom stereocenters. The van der Waals surface area contributed by atoms with Gasteiger partial charge in [-0.1, -0.05) is 12.8 Å². The molecule has 1 aromatic heterocycles. The van der Waals surface area contributed by atoms with Gasteiger partial charge in [-0.3, -0.25) is 9.59 Å². The highest BCUT2D eigenvalue weighted by Crippen LogP contribution is 2.17. The number of H-pyrrole nitrogens is 1. The van der Waals surface area contributed by atoms with Crippen molar-refractivity contribution >= 4 is 17.7 Å². The van der Waals surface area contributed by atoms with Crippen molar-refractivity contribution in [3.05, 3.63) is 23.5 Å². The molecule has 0 spiro atoms. The number of ether oxygens (including phenoxy) is 1. The van der Waals surface area contributed by atoms with E-state index in [-0.39, 0.29) is 30.0 Å². The van der Waals surface area contributed by atoms with Gasteiger partial charge < -0.3 is 15.0 Å². The molecule has 1 aromatic rings. The second-order valence-electron chi connectivity index (χ2n) is 4.98. The van der Waals surface area contributed by atoms with Crippen molar-refractivity contribution in [2.75, 3.05) is 6.61 Å². The molecule has 1 amide bonds. The zero-order valence-electron chi connectivity index (χ0n) is 11.4. The highest BCUT2D eigenvalue weighted by Gasteiger charge is 2.18. The number of nitrogens with one attached hydrogen (secondary N) is 2. The van der Waals surface area contributed by atoms with Gasteiger partial charge in [-0.05, 0) is 25.8 Å². The predicted octanol–water partition coefficient (Wildman–Crippen LogP) is 1.43. The topological polar surface area (TPSA) is 88.3 Å². The standard InChI is InChI=1S/C14H18N2O4/c1-9(17)10-6-12(15-7-10)14(19)20-8-13(18)16-11-4-2-3-5-11/h6-7,11,15H,2-5,8H2,1H3,(H,16,18). The number of hydrogen-bond acceptors (Lipinski definition) is 4. The minimum Gasteiger partial charge on any atom is -0.451 e. The Balaban J connectivity index is 1.78. The largest absolute Gasteiger partial charge is 0.451 e. The summed E-state index contributed by atoms with van der Waals surface area (Å²) >= 11 is 0. The van der Waals surface area contributed by atoms with Crippen molar-refractivity contribution in [3.8, 4) is 0 Å². The van der Waals surface area contributed by atoms with Gasteiger partial charge in [-0.25, -0.2) is 4.79 Å². The third-order valence-corrected chi connectivity index (χ3v) is 3.36. The summed E-state index contributed by atoms with van der Waals surface area (Å²) in [7, 11) is 0. The van der Waals surface area contributed by atoms with Crippen molar-refractivity contribution in [2.24, 2.45) is 0 Å². The second-order valence-corrected chi connectivity index (χ2v) is 4.98. The highest BCUT2D eigenvalue weighted by atomic mass is 16.5. The van der Waals surface area contributed by atoms with Gasteiger partial charge in [-0.15, -0.1) is 0 Å². The Morgan fingerprint density at radius 3 is 2.65 bits per heavy atom. The molecule has 0 atom stereocenters. The summed E-state index contributed by atoms with van der Waals surface area (Å²) in [4.78, 5) is 37.0. The van der Waals surface area contributed by atoms with Crippen LogP contribution < -0.4 is 5.32 Å². The Labute approximate surface area is 116 Å². The van der Waals surface area contributed by atoms with Gasteiger partial charge in [0.15, 0.2) is 12.4 Å². The van der Waals surface area contributed by atoms with Crippen LogP contribution in [0.15, 0.2) is 12.3 Å². The van der Waals surface area contributed by atoms with Crippen LogP contribution in [0.1, 0.15) is 53.5 Å². The number of carbonyl (C=O) groups is 3. The lowest BCUT2D eigenvalue weighted by molar-refractivity contribution is -0.124. The van der Waals surface area contributed by atoms with Crippen LogP contribution in [0.5, 0.6) is 0 Å². The third kappa shape index (κ3) is 3.69. The Hall–Kier alpha value is -2.11. The lowest BCUT2D eigenvalue weighted by atomic mass is 10.2. The predicted molar refractivity (Wildman–Crippen MR) is 71.5 cm³/mol. The summed E-state index contributed by atoms with van der Waals surface area (Å²) < 4.78 is 4.90. The Morgan fingerprint density at radius 2 is 2.05 bits per heavy atom. The highest BCUT2D eigenvalue weighted by molar-refractivity contribution is 5.97. The van der Waals surface area contributed by atoms with Gasteiger partial charge in [0.2, 0.25) is 0 Å². The normalized spacial score (nSPS) is 15.1. The lowest BCUT2D eigenvalue weighted by Gasteiger charge is -2.11. The smallest absolute Gasteiger partial charge is 0.355 e. The monoisotopic (exact) mass is 278 g/mol. The van der Waals surface area contributed by atoms with Gasteiger partial charge in [0, 0.05) is 17.8 Å². The molecule has 2 rings (SSSR count). The fraction of sp³-hybridized carbons (Fsp3) is 0.500. The van der Waals surface area contributed by atoms with Crippen LogP contribution in [0.4, 0.5) is 0 Å². The van der Waals surface area contributed by atoms with Crippen LogP contribution in [0.2, 0.25) is 0 Å². The molecular weight excluding hydrogens is 260 g/mol. The van der Waals surface area contributed by atoms with Crippen LogP contribution in [0, 0.1) is 0 Å². The lowest BCUT2D eigenvalue weighted by Crippen LogP contribution is -2.35. The van der Waals surface area contributed by atoms with Crippen LogP contribution in [0.3, 0.4) is 0 Å². The molecule has 1 fully saturated rings. The minimum absolute atomic E-state index is 0.140. The molecule has 1 saturated carbocycles. The van der Waals surface area contributed by atoms with Crippen LogP contribution >= 0.6 is 0 Å². The first-order chi connectivity index (χ1) is 9.56. The summed E-state index contributed by atoms with van der Waals surface area (Å²) in [6.45, 7) is 1.11. The molecule has 1 aliphatic carbocycles. The number of rotatable bonds is 5. The SMILES string of the molecule is CC(=O)c1c[nH]c(C(=O)OCC(=O)NC2CCCC2)c1. The zero-order chi connectivity index (χ0) is 14.5. The summed E-state index contributed by atoms with van der Waals surface area (Å²) in [5, 5.41) is 2.83. The fourth-order valence-electron chi connectivity index (χ4n) is 2.26. The number of ketones is 1. The van der Waals surface area contributed by atoms with E-state index in [9.17, 15) is 14.4 Å². The maximum absolute atomic E-state index is 11.7. The average molecular weight is 278 g/mol. The molecule has 0 aromatic carbocycles. The maximum Gasteiger partial charge on any atom is 0.355 e. The van der Waals surface area contributed by atoms with E-state index in [1.54, 1.807) is 0 Å². The Bertz CT molecular complexity index is 515. The van der Waals surface area contributed by atoms with Gasteiger partial charge >= 0.3 is 5.97 Å². The molecule has 1 aliphatic rings. The minimum atomic E-state index is -0.640. The number of aromatic nitrogens is 1. The van der Waals surface area contributed by atoms with Crippen molar-refractivity contribution in [1.82, 2.24) is 10.3 Å². The fourth-order valence-corrected chi connectivity index (χ4v) is 2.26. The Kier molecular flexibility index (Phi) is 4.55. The van der Waals surface area contributed by atoms with E-state index < -0.39 is 5.97 Å². The second kappa shape index (κ2) is 6.36. The van der Waals surface area contributed by atoms with Gasteiger partial charge in [0.05, 0.1) is 0 Å².